The van der Waals surface area contributed by atoms with Crippen LogP contribution >= 0.6 is 0 Å². The van der Waals surface area contributed by atoms with Crippen LogP contribution in [0.3, 0.4) is 0 Å². The van der Waals surface area contributed by atoms with Crippen molar-refractivity contribution in [1.82, 2.24) is 9.88 Å². The average Bonchev–Trinajstić information content (AvgIpc) is 3.03. The van der Waals surface area contributed by atoms with E-state index in [9.17, 15) is 9.59 Å². The topological polar surface area (TPSA) is 74.8 Å². The second-order valence-corrected chi connectivity index (χ2v) is 7.59. The minimum absolute atomic E-state index is 0.0557. The van der Waals surface area contributed by atoms with Crippen molar-refractivity contribution >= 4 is 23.3 Å². The molecule has 0 saturated heterocycles. The Morgan fingerprint density at radius 3 is 2.77 bits per heavy atom. The van der Waals surface area contributed by atoms with Crippen molar-refractivity contribution in [3.63, 3.8) is 0 Å². The number of carbonyl (C=O) groups is 2. The summed E-state index contributed by atoms with van der Waals surface area (Å²) < 4.78 is 5.78. The van der Waals surface area contributed by atoms with Crippen LogP contribution in [0, 0.1) is 0 Å². The lowest BCUT2D eigenvalue weighted by Gasteiger charge is -2.30. The average molecular weight is 414 g/mol. The highest BCUT2D eigenvalue weighted by Crippen LogP contribution is 2.31. The molecular formula is C24H22N4O3. The number of nitrogens with one attached hydrogen (secondary N) is 1. The maximum atomic E-state index is 13.3. The summed E-state index contributed by atoms with van der Waals surface area (Å²) in [4.78, 5) is 33.8. The molecule has 2 aromatic carbocycles. The van der Waals surface area contributed by atoms with Crippen molar-refractivity contribution in [2.75, 3.05) is 29.9 Å². The Balaban J connectivity index is 1.43. The summed E-state index contributed by atoms with van der Waals surface area (Å²) in [5.74, 6) is 1.23. The number of anilines is 2. The molecule has 0 fully saturated rings. The van der Waals surface area contributed by atoms with Gasteiger partial charge in [0.2, 0.25) is 5.91 Å². The van der Waals surface area contributed by atoms with Gasteiger partial charge in [-0.05, 0) is 17.7 Å². The molecule has 0 atom stereocenters. The van der Waals surface area contributed by atoms with Gasteiger partial charge in [0.05, 0.1) is 30.9 Å². The first kappa shape index (κ1) is 19.1. The molecule has 0 unspecified atom stereocenters. The molecule has 2 amide bonds. The number of pyridine rings is 1. The summed E-state index contributed by atoms with van der Waals surface area (Å²) in [5.41, 5.74) is 3.06. The summed E-state index contributed by atoms with van der Waals surface area (Å²) >= 11 is 0. The molecule has 3 aromatic rings. The number of benzene rings is 2. The van der Waals surface area contributed by atoms with Crippen LogP contribution in [-0.2, 0) is 17.9 Å². The summed E-state index contributed by atoms with van der Waals surface area (Å²) in [6.45, 7) is 1.99. The van der Waals surface area contributed by atoms with Crippen LogP contribution < -0.4 is 15.0 Å². The quantitative estimate of drug-likeness (QED) is 0.713. The third kappa shape index (κ3) is 3.82. The second kappa shape index (κ2) is 8.10. The standard InChI is InChI=1S/C24H22N4O3/c29-22-14-26-23-20(28(22)15-17-6-2-1-3-7-17)12-19(13-25-23)24(30)27-10-11-31-21-9-5-4-8-18(21)16-27/h1-9,12-13H,10-11,14-16H2,(H,25,26). The van der Waals surface area contributed by atoms with E-state index in [0.29, 0.717) is 43.3 Å². The summed E-state index contributed by atoms with van der Waals surface area (Å²) in [6.07, 6.45) is 1.57. The molecule has 7 nitrogen and oxygen atoms in total. The lowest BCUT2D eigenvalue weighted by molar-refractivity contribution is -0.117. The van der Waals surface area contributed by atoms with Crippen LogP contribution in [0.4, 0.5) is 11.5 Å². The minimum atomic E-state index is -0.131. The number of carbonyl (C=O) groups excluding carboxylic acids is 2. The van der Waals surface area contributed by atoms with Crippen molar-refractivity contribution in [2.24, 2.45) is 0 Å². The Kier molecular flexibility index (Phi) is 5.00. The van der Waals surface area contributed by atoms with Gasteiger partial charge < -0.3 is 19.9 Å². The van der Waals surface area contributed by atoms with Gasteiger partial charge in [0.1, 0.15) is 12.4 Å². The first-order valence-corrected chi connectivity index (χ1v) is 10.3. The third-order valence-corrected chi connectivity index (χ3v) is 5.54. The highest BCUT2D eigenvalue weighted by Gasteiger charge is 2.28. The Labute approximate surface area is 180 Å². The molecule has 1 N–H and O–H groups in total. The van der Waals surface area contributed by atoms with E-state index in [2.05, 4.69) is 10.3 Å². The maximum Gasteiger partial charge on any atom is 0.255 e. The Bertz CT molecular complexity index is 1130. The fraction of sp³-hybridized carbons (Fsp3) is 0.208. The number of rotatable bonds is 3. The van der Waals surface area contributed by atoms with Crippen LogP contribution in [-0.4, -0.2) is 41.4 Å². The van der Waals surface area contributed by atoms with Crippen LogP contribution in [0.1, 0.15) is 21.5 Å². The number of hydrogen-bond acceptors (Lipinski definition) is 5. The second-order valence-electron chi connectivity index (χ2n) is 7.59. The fourth-order valence-electron chi connectivity index (χ4n) is 3.92. The minimum Gasteiger partial charge on any atom is -0.491 e. The molecule has 0 aliphatic carbocycles. The van der Waals surface area contributed by atoms with Crippen molar-refractivity contribution in [3.05, 3.63) is 83.6 Å². The number of amides is 2. The molecule has 2 aliphatic heterocycles. The highest BCUT2D eigenvalue weighted by molar-refractivity contribution is 6.04. The first-order valence-electron chi connectivity index (χ1n) is 10.3. The molecule has 1 aromatic heterocycles. The van der Waals surface area contributed by atoms with Gasteiger partial charge in [0.25, 0.3) is 5.91 Å². The predicted molar refractivity (Wildman–Crippen MR) is 117 cm³/mol. The summed E-state index contributed by atoms with van der Waals surface area (Å²) in [7, 11) is 0. The van der Waals surface area contributed by atoms with Crippen LogP contribution in [0.5, 0.6) is 5.75 Å². The van der Waals surface area contributed by atoms with E-state index in [1.807, 2.05) is 54.6 Å². The zero-order valence-corrected chi connectivity index (χ0v) is 17.0. The summed E-state index contributed by atoms with van der Waals surface area (Å²) in [6, 6.07) is 19.3. The molecule has 0 saturated carbocycles. The number of hydrogen-bond donors (Lipinski definition) is 1. The van der Waals surface area contributed by atoms with Gasteiger partial charge in [-0.2, -0.15) is 0 Å². The van der Waals surface area contributed by atoms with Crippen molar-refractivity contribution in [2.45, 2.75) is 13.1 Å². The van der Waals surface area contributed by atoms with Gasteiger partial charge in [-0.1, -0.05) is 48.5 Å². The Hall–Kier alpha value is -3.87. The van der Waals surface area contributed by atoms with E-state index in [-0.39, 0.29) is 18.4 Å². The third-order valence-electron chi connectivity index (χ3n) is 5.54. The van der Waals surface area contributed by atoms with Crippen molar-refractivity contribution in [3.8, 4) is 5.75 Å². The van der Waals surface area contributed by atoms with Crippen LogP contribution in [0.15, 0.2) is 66.9 Å². The molecule has 2 aliphatic rings. The van der Waals surface area contributed by atoms with E-state index < -0.39 is 0 Å². The van der Waals surface area contributed by atoms with Crippen molar-refractivity contribution < 1.29 is 14.3 Å². The molecule has 3 heterocycles. The van der Waals surface area contributed by atoms with E-state index in [1.165, 1.54) is 0 Å². The molecule has 0 spiro atoms. The number of fused-ring (bicyclic) bond motifs is 2. The molecular weight excluding hydrogens is 392 g/mol. The monoisotopic (exact) mass is 414 g/mol. The van der Waals surface area contributed by atoms with Gasteiger partial charge >= 0.3 is 0 Å². The number of ether oxygens (including phenoxy) is 1. The smallest absolute Gasteiger partial charge is 0.255 e. The SMILES string of the molecule is O=C(c1cnc2c(c1)N(Cc1ccccc1)C(=O)CN2)N1CCOc2ccccc2C1. The number of para-hydroxylation sites is 1. The largest absolute Gasteiger partial charge is 0.491 e. The molecule has 5 rings (SSSR count). The molecule has 0 radical (unpaired) electrons. The van der Waals surface area contributed by atoms with Gasteiger partial charge in [-0.15, -0.1) is 0 Å². The van der Waals surface area contributed by atoms with Crippen LogP contribution in [0.25, 0.3) is 0 Å². The lowest BCUT2D eigenvalue weighted by atomic mass is 10.1. The maximum absolute atomic E-state index is 13.3. The zero-order valence-electron chi connectivity index (χ0n) is 17.0. The van der Waals surface area contributed by atoms with Gasteiger partial charge in [0, 0.05) is 18.3 Å². The Morgan fingerprint density at radius 2 is 1.90 bits per heavy atom. The van der Waals surface area contributed by atoms with E-state index >= 15 is 0 Å². The van der Waals surface area contributed by atoms with E-state index in [0.717, 1.165) is 16.9 Å². The van der Waals surface area contributed by atoms with Gasteiger partial charge in [-0.3, -0.25) is 9.59 Å². The Morgan fingerprint density at radius 1 is 1.10 bits per heavy atom. The number of aromatic nitrogens is 1. The van der Waals surface area contributed by atoms with Gasteiger partial charge in [-0.25, -0.2) is 4.98 Å². The molecule has 31 heavy (non-hydrogen) atoms. The van der Waals surface area contributed by atoms with Gasteiger partial charge in [0.15, 0.2) is 5.82 Å². The van der Waals surface area contributed by atoms with E-state index in [1.54, 1.807) is 22.1 Å². The molecule has 156 valence electrons. The van der Waals surface area contributed by atoms with Crippen LogP contribution in [0.2, 0.25) is 0 Å². The normalized spacial score (nSPS) is 15.3. The zero-order chi connectivity index (χ0) is 21.2. The highest BCUT2D eigenvalue weighted by atomic mass is 16.5. The first-order chi connectivity index (χ1) is 15.2. The fourth-order valence-corrected chi connectivity index (χ4v) is 3.92. The lowest BCUT2D eigenvalue weighted by Crippen LogP contribution is -2.40. The van der Waals surface area contributed by atoms with Crippen molar-refractivity contribution in [1.29, 1.82) is 0 Å². The van der Waals surface area contributed by atoms with E-state index in [4.69, 9.17) is 4.74 Å². The molecule has 0 bridgehead atoms. The number of nitrogens with zero attached hydrogens (tertiary/aromatic N) is 3. The summed E-state index contributed by atoms with van der Waals surface area (Å²) in [5, 5.41) is 3.05. The molecule has 7 heteroatoms. The predicted octanol–water partition coefficient (Wildman–Crippen LogP) is 3.08.